The lowest BCUT2D eigenvalue weighted by Gasteiger charge is -2.66. The Balaban J connectivity index is 1.53. The van der Waals surface area contributed by atoms with Gasteiger partial charge in [-0.2, -0.15) is 0 Å². The third-order valence-electron chi connectivity index (χ3n) is 7.44. The summed E-state index contributed by atoms with van der Waals surface area (Å²) in [5, 5.41) is 11.9. The van der Waals surface area contributed by atoms with Crippen LogP contribution in [0.2, 0.25) is 0 Å². The molecule has 6 bridgehead atoms. The molecule has 9 atom stereocenters. The Kier molecular flexibility index (Phi) is 2.86. The summed E-state index contributed by atoms with van der Waals surface area (Å²) in [4.78, 5) is 6.37. The van der Waals surface area contributed by atoms with Crippen LogP contribution in [0, 0.1) is 17.8 Å². The molecule has 25 heavy (non-hydrogen) atoms. The number of H-pyrrole nitrogens is 1. The Morgan fingerprint density at radius 2 is 2.12 bits per heavy atom. The van der Waals surface area contributed by atoms with Gasteiger partial charge in [0, 0.05) is 47.6 Å². The monoisotopic (exact) mass is 340 g/mol. The number of aromatic amines is 1. The Hall–Kier alpha value is -1.40. The molecular weight excluding hydrogens is 316 g/mol. The molecule has 0 amide bonds. The highest BCUT2D eigenvalue weighted by molar-refractivity contribution is 5.85. The van der Waals surface area contributed by atoms with Gasteiger partial charge in [-0.3, -0.25) is 4.90 Å². The maximum atomic E-state index is 10.6. The maximum Gasteiger partial charge on any atom is 0.164 e. The molecule has 5 heteroatoms. The summed E-state index contributed by atoms with van der Waals surface area (Å²) in [6.07, 6.45) is 1.10. The predicted octanol–water partition coefficient (Wildman–Crippen LogP) is 2.41. The van der Waals surface area contributed by atoms with Gasteiger partial charge in [0.05, 0.1) is 6.04 Å². The van der Waals surface area contributed by atoms with Crippen LogP contribution in [-0.4, -0.2) is 46.8 Å². The van der Waals surface area contributed by atoms with Crippen molar-refractivity contribution >= 4 is 10.9 Å². The maximum absolute atomic E-state index is 10.6. The van der Waals surface area contributed by atoms with Crippen molar-refractivity contribution in [1.82, 2.24) is 9.88 Å². The average molecular weight is 340 g/mol. The lowest BCUT2D eigenvalue weighted by atomic mass is 9.58. The van der Waals surface area contributed by atoms with Gasteiger partial charge in [-0.15, -0.1) is 0 Å². The number of hydrogen-bond acceptors (Lipinski definition) is 4. The third kappa shape index (κ3) is 1.68. The van der Waals surface area contributed by atoms with Crippen molar-refractivity contribution in [3.8, 4) is 0 Å². The van der Waals surface area contributed by atoms with Crippen LogP contribution in [-0.2, 0) is 15.9 Å². The van der Waals surface area contributed by atoms with Gasteiger partial charge in [0.15, 0.2) is 12.6 Å². The van der Waals surface area contributed by atoms with Gasteiger partial charge in [-0.25, -0.2) is 0 Å². The molecule has 5 aliphatic heterocycles. The zero-order valence-corrected chi connectivity index (χ0v) is 14.6. The molecule has 2 unspecified atom stereocenters. The first-order chi connectivity index (χ1) is 12.2. The van der Waals surface area contributed by atoms with Crippen molar-refractivity contribution in [3.63, 3.8) is 0 Å². The lowest BCUT2D eigenvalue weighted by molar-refractivity contribution is -0.355. The number of nitrogens with zero attached hydrogens (tertiary/aromatic N) is 1. The summed E-state index contributed by atoms with van der Waals surface area (Å²) in [5.41, 5.74) is 4.12. The molecule has 0 radical (unpaired) electrons. The van der Waals surface area contributed by atoms with Crippen LogP contribution in [0.25, 0.3) is 10.9 Å². The summed E-state index contributed by atoms with van der Waals surface area (Å²) in [5.74, 6) is 0.991. The normalized spacial score (nSPS) is 47.1. The molecule has 4 saturated heterocycles. The Labute approximate surface area is 146 Å². The van der Waals surface area contributed by atoms with E-state index in [2.05, 4.69) is 41.1 Å². The van der Waals surface area contributed by atoms with Gasteiger partial charge >= 0.3 is 0 Å². The van der Waals surface area contributed by atoms with Crippen LogP contribution in [0.1, 0.15) is 30.6 Å². The Morgan fingerprint density at radius 3 is 2.96 bits per heavy atom. The first-order valence-electron chi connectivity index (χ1n) is 9.42. The molecule has 5 nitrogen and oxygen atoms in total. The van der Waals surface area contributed by atoms with E-state index in [1.165, 1.54) is 22.2 Å². The molecule has 4 fully saturated rings. The lowest BCUT2D eigenvalue weighted by Crippen LogP contribution is -2.73. The van der Waals surface area contributed by atoms with Crippen molar-refractivity contribution < 1.29 is 14.6 Å². The van der Waals surface area contributed by atoms with Crippen LogP contribution in [0.4, 0.5) is 0 Å². The van der Waals surface area contributed by atoms with E-state index >= 15 is 0 Å². The molecular formula is C20H24N2O3. The number of aliphatic hydroxyl groups excluding tert-OH is 1. The average Bonchev–Trinajstić information content (AvgIpc) is 2.99. The minimum absolute atomic E-state index is 0.190. The molecule has 132 valence electrons. The number of para-hydroxylation sites is 1. The van der Waals surface area contributed by atoms with Crippen LogP contribution in [0.15, 0.2) is 24.3 Å². The molecule has 6 heterocycles. The fourth-order valence-electron chi connectivity index (χ4n) is 6.62. The number of piperidine rings is 3. The van der Waals surface area contributed by atoms with Crippen molar-refractivity contribution in [2.75, 3.05) is 7.11 Å². The molecule has 0 aliphatic carbocycles. The SMILES string of the molecule is CO[C@@H]1O[C@@H](O)[C@@H]2C(C)N3[C@H]4C[C@@H]2[C@H]1[C@@H]3Cc1c4[nH]c2ccccc12. The van der Waals surface area contributed by atoms with Gasteiger partial charge in [-0.05, 0) is 37.3 Å². The summed E-state index contributed by atoms with van der Waals surface area (Å²) in [6, 6.07) is 9.83. The summed E-state index contributed by atoms with van der Waals surface area (Å²) in [6.45, 7) is 2.26. The topological polar surface area (TPSA) is 57.7 Å². The number of methoxy groups -OCH3 is 1. The Morgan fingerprint density at radius 1 is 1.28 bits per heavy atom. The van der Waals surface area contributed by atoms with E-state index in [-0.39, 0.29) is 12.2 Å². The van der Waals surface area contributed by atoms with Crippen LogP contribution < -0.4 is 0 Å². The van der Waals surface area contributed by atoms with Crippen molar-refractivity contribution in [1.29, 1.82) is 0 Å². The van der Waals surface area contributed by atoms with Crippen molar-refractivity contribution in [3.05, 3.63) is 35.5 Å². The molecule has 7 rings (SSSR count). The molecule has 2 N–H and O–H groups in total. The Bertz CT molecular complexity index is 849. The second-order valence-corrected chi connectivity index (χ2v) is 8.22. The third-order valence-corrected chi connectivity index (χ3v) is 7.44. The van der Waals surface area contributed by atoms with E-state index in [9.17, 15) is 5.11 Å². The molecule has 1 aromatic carbocycles. The largest absolute Gasteiger partial charge is 0.368 e. The number of fused-ring (bicyclic) bond motifs is 3. The van der Waals surface area contributed by atoms with Gasteiger partial charge in [-0.1, -0.05) is 18.2 Å². The van der Waals surface area contributed by atoms with Gasteiger partial charge in [0.1, 0.15) is 0 Å². The number of ether oxygens (including phenoxy) is 2. The van der Waals surface area contributed by atoms with Gasteiger partial charge in [0.25, 0.3) is 0 Å². The van der Waals surface area contributed by atoms with E-state index in [4.69, 9.17) is 9.47 Å². The fraction of sp³-hybridized carbons (Fsp3) is 0.600. The first kappa shape index (κ1) is 14.7. The van der Waals surface area contributed by atoms with Crippen molar-refractivity contribution in [2.24, 2.45) is 17.8 Å². The number of nitrogens with one attached hydrogen (secondary N) is 1. The zero-order chi connectivity index (χ0) is 16.9. The van der Waals surface area contributed by atoms with E-state index < -0.39 is 6.29 Å². The molecule has 1 aromatic heterocycles. The highest BCUT2D eigenvalue weighted by Gasteiger charge is 2.64. The number of aliphatic hydroxyl groups is 1. The minimum Gasteiger partial charge on any atom is -0.368 e. The molecule has 2 aromatic rings. The number of benzene rings is 1. The van der Waals surface area contributed by atoms with Crippen LogP contribution >= 0.6 is 0 Å². The van der Waals surface area contributed by atoms with Crippen LogP contribution in [0.3, 0.4) is 0 Å². The molecule has 5 aliphatic rings. The van der Waals surface area contributed by atoms with E-state index in [0.29, 0.717) is 30.0 Å². The highest BCUT2D eigenvalue weighted by Crippen LogP contribution is 2.60. The fourth-order valence-corrected chi connectivity index (χ4v) is 6.62. The van der Waals surface area contributed by atoms with Crippen molar-refractivity contribution in [2.45, 2.75) is 50.5 Å². The van der Waals surface area contributed by atoms with E-state index in [1.54, 1.807) is 7.11 Å². The summed E-state index contributed by atoms with van der Waals surface area (Å²) >= 11 is 0. The van der Waals surface area contributed by atoms with Crippen LogP contribution in [0.5, 0.6) is 0 Å². The predicted molar refractivity (Wildman–Crippen MR) is 92.8 cm³/mol. The second kappa shape index (κ2) is 4.86. The number of rotatable bonds is 1. The summed E-state index contributed by atoms with van der Waals surface area (Å²) in [7, 11) is 1.70. The quantitative estimate of drug-likeness (QED) is 0.837. The minimum atomic E-state index is -0.716. The second-order valence-electron chi connectivity index (χ2n) is 8.22. The first-order valence-corrected chi connectivity index (χ1v) is 9.42. The number of aromatic nitrogens is 1. The van der Waals surface area contributed by atoms with Gasteiger partial charge < -0.3 is 19.6 Å². The molecule has 0 saturated carbocycles. The summed E-state index contributed by atoms with van der Waals surface area (Å²) < 4.78 is 11.5. The molecule has 0 spiro atoms. The zero-order valence-electron chi connectivity index (χ0n) is 14.6. The standard InChI is InChI=1S/C20H24N2O3/c1-9-16-12-8-15-18-11(10-5-3-4-6-13(10)21-18)7-14(22(9)15)17(12)20(24-2)25-19(16)23/h3-6,9,12,14-17,19-21,23H,7-8H2,1-2H3/t9?,12-,14-,15-,16+,17-,19+,20+/m0/s1. The van der Waals surface area contributed by atoms with Gasteiger partial charge in [0.2, 0.25) is 0 Å². The van der Waals surface area contributed by atoms with E-state index in [1.807, 2.05) is 0 Å². The highest BCUT2D eigenvalue weighted by atomic mass is 16.7. The smallest absolute Gasteiger partial charge is 0.164 e. The van der Waals surface area contributed by atoms with E-state index in [0.717, 1.165) is 12.8 Å². The number of hydrogen-bond donors (Lipinski definition) is 2.